The highest BCUT2D eigenvalue weighted by atomic mass is 16.7. The van der Waals surface area contributed by atoms with Crippen LogP contribution in [0.5, 0.6) is 29.0 Å². The second kappa shape index (κ2) is 11.9. The van der Waals surface area contributed by atoms with Gasteiger partial charge < -0.3 is 29.4 Å². The van der Waals surface area contributed by atoms with Gasteiger partial charge in [-0.05, 0) is 88.6 Å². The van der Waals surface area contributed by atoms with Crippen LogP contribution < -0.4 is 34.4 Å². The fourth-order valence-corrected chi connectivity index (χ4v) is 7.98. The van der Waals surface area contributed by atoms with Crippen molar-refractivity contribution >= 4 is 28.4 Å². The maximum atomic E-state index is 12.4. The van der Waals surface area contributed by atoms with Gasteiger partial charge in [-0.15, -0.1) is 4.73 Å². The summed E-state index contributed by atoms with van der Waals surface area (Å²) in [5.74, 6) is 0.498. The van der Waals surface area contributed by atoms with Crippen molar-refractivity contribution in [3.05, 3.63) is 106 Å². The number of rotatable bonds is 7. The van der Waals surface area contributed by atoms with Crippen molar-refractivity contribution in [3.63, 3.8) is 0 Å². The van der Waals surface area contributed by atoms with Gasteiger partial charge in [-0.25, -0.2) is 9.37 Å². The molecule has 4 aromatic rings. The number of aromatic hydroxyl groups is 2. The molecule has 3 aliphatic rings. The molecule has 0 fully saturated rings. The van der Waals surface area contributed by atoms with Gasteiger partial charge in [0.2, 0.25) is 17.1 Å². The van der Waals surface area contributed by atoms with Gasteiger partial charge >= 0.3 is 5.97 Å². The lowest BCUT2D eigenvalue weighted by Crippen LogP contribution is -2.49. The number of anilines is 1. The molecule has 3 aromatic carbocycles. The Labute approximate surface area is 292 Å². The van der Waals surface area contributed by atoms with Gasteiger partial charge in [-0.1, -0.05) is 18.2 Å². The molecule has 2 N–H and O–H groups in total. The topological polar surface area (TPSA) is 96.4 Å². The molecule has 9 nitrogen and oxygen atoms in total. The van der Waals surface area contributed by atoms with Gasteiger partial charge in [0.15, 0.2) is 12.1 Å². The van der Waals surface area contributed by atoms with E-state index in [1.165, 1.54) is 34.4 Å². The lowest BCUT2D eigenvalue weighted by molar-refractivity contribution is -0.147. The summed E-state index contributed by atoms with van der Waals surface area (Å²) in [6.07, 6.45) is 4.68. The van der Waals surface area contributed by atoms with E-state index >= 15 is 0 Å². The van der Waals surface area contributed by atoms with Crippen LogP contribution in [0.4, 0.5) is 5.69 Å². The average Bonchev–Trinajstić information content (AvgIpc) is 3.37. The van der Waals surface area contributed by atoms with Crippen LogP contribution in [0.15, 0.2) is 72.8 Å². The first-order valence-corrected chi connectivity index (χ1v) is 17.1. The number of carbonyl (C=O) groups excluding carboxylic acids is 1. The molecule has 0 saturated carbocycles. The van der Waals surface area contributed by atoms with Crippen LogP contribution in [-0.2, 0) is 4.79 Å². The number of ether oxygens (including phenoxy) is 2. The SMILES string of the molecule is CCN1c2cc3c(cc2C(C)=CC1(C)C)C(c1ccc(OCC(=O)On2c(O)ccc2O)cc1)=c1cc2c(cc1O3)=[N+](CC)C(C)(C)C=C2C. The first kappa shape index (κ1) is 33.1. The Morgan fingerprint density at radius 1 is 0.840 bits per heavy atom. The number of carbonyl (C=O) groups is 1. The number of fused-ring (bicyclic) bond motifs is 4. The van der Waals surface area contributed by atoms with E-state index in [0.717, 1.165) is 57.6 Å². The summed E-state index contributed by atoms with van der Waals surface area (Å²) in [7, 11) is 0. The molecule has 50 heavy (non-hydrogen) atoms. The molecule has 0 radical (unpaired) electrons. The van der Waals surface area contributed by atoms with E-state index in [4.69, 9.17) is 14.3 Å². The van der Waals surface area contributed by atoms with Crippen molar-refractivity contribution < 1.29 is 29.3 Å². The van der Waals surface area contributed by atoms with Crippen LogP contribution in [0.3, 0.4) is 0 Å². The Hall–Kier alpha value is -5.44. The van der Waals surface area contributed by atoms with E-state index in [0.29, 0.717) is 10.5 Å². The normalized spacial score (nSPS) is 16.7. The first-order chi connectivity index (χ1) is 23.7. The van der Waals surface area contributed by atoms with Crippen LogP contribution in [0, 0.1) is 0 Å². The lowest BCUT2D eigenvalue weighted by Gasteiger charge is -2.43. The first-order valence-electron chi connectivity index (χ1n) is 17.1. The second-order valence-electron chi connectivity index (χ2n) is 14.3. The van der Waals surface area contributed by atoms with E-state index in [1.807, 2.05) is 24.3 Å². The van der Waals surface area contributed by atoms with Crippen molar-refractivity contribution in [1.82, 2.24) is 9.31 Å². The van der Waals surface area contributed by atoms with Crippen molar-refractivity contribution in [3.8, 4) is 29.0 Å². The van der Waals surface area contributed by atoms with Gasteiger partial charge in [0.25, 0.3) is 0 Å². The van der Waals surface area contributed by atoms with Crippen LogP contribution in [0.25, 0.3) is 16.7 Å². The van der Waals surface area contributed by atoms with E-state index in [2.05, 4.69) is 101 Å². The molecule has 0 amide bonds. The summed E-state index contributed by atoms with van der Waals surface area (Å²) in [5, 5.41) is 21.7. The van der Waals surface area contributed by atoms with Gasteiger partial charge in [-0.2, -0.15) is 0 Å². The number of aromatic nitrogens is 1. The van der Waals surface area contributed by atoms with Crippen LogP contribution in [-0.4, -0.2) is 51.7 Å². The molecule has 7 rings (SSSR count). The Kier molecular flexibility index (Phi) is 7.85. The van der Waals surface area contributed by atoms with E-state index in [1.54, 1.807) is 0 Å². The second-order valence-corrected chi connectivity index (χ2v) is 14.3. The number of benzene rings is 3. The summed E-state index contributed by atoms with van der Waals surface area (Å²) in [6, 6.07) is 19.0. The minimum absolute atomic E-state index is 0.139. The molecule has 0 bridgehead atoms. The fraction of sp³-hybridized carbons (Fsp3) is 0.317. The summed E-state index contributed by atoms with van der Waals surface area (Å²) < 4.78 is 15.7. The number of hydrogen-bond acceptors (Lipinski definition) is 7. The van der Waals surface area contributed by atoms with Gasteiger partial charge in [0.1, 0.15) is 23.8 Å². The highest BCUT2D eigenvalue weighted by Crippen LogP contribution is 2.46. The van der Waals surface area contributed by atoms with Crippen molar-refractivity contribution in [2.75, 3.05) is 24.6 Å². The van der Waals surface area contributed by atoms with Gasteiger partial charge in [0, 0.05) is 71.8 Å². The zero-order valence-corrected chi connectivity index (χ0v) is 29.9. The number of likely N-dealkylation sites (N-methyl/N-ethyl adjacent to an activating group) is 2. The molecule has 0 spiro atoms. The molecule has 0 atom stereocenters. The maximum Gasteiger partial charge on any atom is 0.370 e. The highest BCUT2D eigenvalue weighted by Gasteiger charge is 2.36. The lowest BCUT2D eigenvalue weighted by atomic mass is 9.84. The van der Waals surface area contributed by atoms with Crippen LogP contribution in [0.2, 0.25) is 0 Å². The number of allylic oxidation sites excluding steroid dienone is 2. The number of hydrogen-bond donors (Lipinski definition) is 2. The average molecular weight is 675 g/mol. The largest absolute Gasteiger partial charge is 0.492 e. The monoisotopic (exact) mass is 674 g/mol. The van der Waals surface area contributed by atoms with E-state index < -0.39 is 24.3 Å². The highest BCUT2D eigenvalue weighted by molar-refractivity contribution is 5.92. The molecular formula is C41H44N3O6+. The minimum Gasteiger partial charge on any atom is -0.492 e. The van der Waals surface area contributed by atoms with Gasteiger partial charge in [0.05, 0.1) is 11.6 Å². The maximum absolute atomic E-state index is 12.4. The summed E-state index contributed by atoms with van der Waals surface area (Å²) in [5.41, 5.74) is 8.73. The molecule has 258 valence electrons. The molecule has 0 unspecified atom stereocenters. The summed E-state index contributed by atoms with van der Waals surface area (Å²) in [4.78, 5) is 19.9. The summed E-state index contributed by atoms with van der Waals surface area (Å²) in [6.45, 7) is 19.0. The Morgan fingerprint density at radius 2 is 1.52 bits per heavy atom. The molecule has 1 aromatic heterocycles. The quantitative estimate of drug-likeness (QED) is 0.204. The van der Waals surface area contributed by atoms with Crippen LogP contribution in [0.1, 0.15) is 77.6 Å². The smallest absolute Gasteiger partial charge is 0.370 e. The molecule has 4 heterocycles. The van der Waals surface area contributed by atoms with E-state index in [9.17, 15) is 15.0 Å². The zero-order valence-electron chi connectivity index (χ0n) is 29.9. The van der Waals surface area contributed by atoms with Crippen LogP contribution >= 0.6 is 0 Å². The Morgan fingerprint density at radius 3 is 2.18 bits per heavy atom. The third-order valence-electron chi connectivity index (χ3n) is 10.0. The number of nitrogens with zero attached hydrogens (tertiary/aromatic N) is 3. The third kappa shape index (κ3) is 5.41. The predicted octanol–water partition coefficient (Wildman–Crippen LogP) is 6.01. The van der Waals surface area contributed by atoms with Crippen molar-refractivity contribution in [2.24, 2.45) is 0 Å². The Bertz CT molecular complexity index is 2240. The van der Waals surface area contributed by atoms with Crippen molar-refractivity contribution in [2.45, 2.75) is 66.5 Å². The third-order valence-corrected chi connectivity index (χ3v) is 10.0. The van der Waals surface area contributed by atoms with Crippen molar-refractivity contribution in [1.29, 1.82) is 0 Å². The standard InChI is InChI=1S/C41H43N3O6/c1-9-42-32-19-34-30(17-28(32)24(3)21-40(42,5)6)39(31-18-29-25(4)22-41(7,8)43(10-2)33(29)20-35(31)49-34)26-11-13-27(14-12-26)48-23-38(47)50-44-36(45)15-16-37(44)46/h11-22H,9-10,23H2,1-8H3,(H-,45,46)/p+1. The predicted molar refractivity (Wildman–Crippen MR) is 195 cm³/mol. The van der Waals surface area contributed by atoms with E-state index in [-0.39, 0.29) is 11.1 Å². The molecular weight excluding hydrogens is 630 g/mol. The molecule has 3 aliphatic heterocycles. The zero-order chi connectivity index (χ0) is 35.7. The molecule has 9 heteroatoms. The fourth-order valence-electron chi connectivity index (χ4n) is 7.98. The minimum atomic E-state index is -0.785. The molecule has 0 saturated heterocycles. The summed E-state index contributed by atoms with van der Waals surface area (Å²) >= 11 is 0. The van der Waals surface area contributed by atoms with Gasteiger partial charge in [-0.3, -0.25) is 0 Å². The Balaban J connectivity index is 1.36. The molecule has 0 aliphatic carbocycles.